The molecule has 1 N–H and O–H groups in total. The molecular formula is C18H14Cl2N2O2. The highest BCUT2D eigenvalue weighted by Crippen LogP contribution is 2.53. The summed E-state index contributed by atoms with van der Waals surface area (Å²) in [5.41, 5.74) is 2.68. The number of benzene rings is 2. The van der Waals surface area contributed by atoms with Crippen LogP contribution in [0, 0.1) is 16.0 Å². The second kappa shape index (κ2) is 5.80. The van der Waals surface area contributed by atoms with Gasteiger partial charge in [-0.3, -0.25) is 10.1 Å². The Hall–Kier alpha value is -2.04. The van der Waals surface area contributed by atoms with Crippen LogP contribution in [0.2, 0.25) is 10.0 Å². The van der Waals surface area contributed by atoms with Crippen LogP contribution in [0.3, 0.4) is 0 Å². The van der Waals surface area contributed by atoms with Gasteiger partial charge in [-0.2, -0.15) is 0 Å². The van der Waals surface area contributed by atoms with Crippen LogP contribution in [0.5, 0.6) is 0 Å². The van der Waals surface area contributed by atoms with E-state index in [1.165, 1.54) is 0 Å². The zero-order valence-corrected chi connectivity index (χ0v) is 14.1. The summed E-state index contributed by atoms with van der Waals surface area (Å²) in [6.07, 6.45) is 5.17. The number of rotatable bonds is 2. The van der Waals surface area contributed by atoms with Gasteiger partial charge in [0, 0.05) is 12.0 Å². The third kappa shape index (κ3) is 2.29. The van der Waals surface area contributed by atoms with E-state index in [0.717, 1.165) is 17.7 Å². The van der Waals surface area contributed by atoms with Crippen LogP contribution in [0.25, 0.3) is 0 Å². The first-order chi connectivity index (χ1) is 11.6. The molecule has 0 bridgehead atoms. The van der Waals surface area contributed by atoms with Crippen molar-refractivity contribution in [3.8, 4) is 0 Å². The van der Waals surface area contributed by atoms with Gasteiger partial charge in [-0.1, -0.05) is 59.6 Å². The van der Waals surface area contributed by atoms with Gasteiger partial charge in [-0.25, -0.2) is 0 Å². The van der Waals surface area contributed by atoms with Crippen LogP contribution in [0.15, 0.2) is 48.6 Å². The lowest BCUT2D eigenvalue weighted by Gasteiger charge is -2.37. The van der Waals surface area contributed by atoms with Gasteiger partial charge in [-0.05, 0) is 24.0 Å². The third-order valence-corrected chi connectivity index (χ3v) is 5.70. The molecule has 0 amide bonds. The molecule has 1 heterocycles. The third-order valence-electron chi connectivity index (χ3n) is 4.90. The molecule has 24 heavy (non-hydrogen) atoms. The number of hydrogen-bond donors (Lipinski definition) is 1. The van der Waals surface area contributed by atoms with Crippen LogP contribution in [-0.2, 0) is 0 Å². The topological polar surface area (TPSA) is 55.2 Å². The summed E-state index contributed by atoms with van der Waals surface area (Å²) in [7, 11) is 0. The molecule has 6 heteroatoms. The number of hydrogen-bond acceptors (Lipinski definition) is 3. The molecule has 1 aliphatic carbocycles. The van der Waals surface area contributed by atoms with E-state index in [2.05, 4.69) is 17.5 Å². The lowest BCUT2D eigenvalue weighted by Crippen LogP contribution is -2.29. The zero-order valence-electron chi connectivity index (χ0n) is 12.6. The lowest BCUT2D eigenvalue weighted by molar-refractivity contribution is -0.385. The molecule has 3 atom stereocenters. The second-order valence-electron chi connectivity index (χ2n) is 6.12. The summed E-state index contributed by atoms with van der Waals surface area (Å²) in [4.78, 5) is 11.1. The number of para-hydroxylation sites is 1. The van der Waals surface area contributed by atoms with E-state index in [4.69, 9.17) is 23.2 Å². The van der Waals surface area contributed by atoms with E-state index in [1.807, 2.05) is 18.2 Å². The van der Waals surface area contributed by atoms with Gasteiger partial charge in [0.25, 0.3) is 5.69 Å². The van der Waals surface area contributed by atoms with Crippen molar-refractivity contribution < 1.29 is 4.92 Å². The standard InChI is InChI=1S/C18H14Cl2N2O2/c19-14-9-8-12-10-5-3-6-11(10)17(21-18(12)16(14)20)13-4-1-2-7-15(13)22(23)24/h1-5,7-11,17,21H,6H2/t10-,11+,17-/m1/s1. The highest BCUT2D eigenvalue weighted by molar-refractivity contribution is 6.43. The fourth-order valence-electron chi connectivity index (χ4n) is 3.83. The molecule has 122 valence electrons. The van der Waals surface area contributed by atoms with Crippen molar-refractivity contribution in [1.29, 1.82) is 0 Å². The minimum atomic E-state index is -0.330. The van der Waals surface area contributed by atoms with Gasteiger partial charge in [0.1, 0.15) is 0 Å². The Morgan fingerprint density at radius 3 is 2.71 bits per heavy atom. The van der Waals surface area contributed by atoms with Gasteiger partial charge >= 0.3 is 0 Å². The van der Waals surface area contributed by atoms with Crippen molar-refractivity contribution in [3.63, 3.8) is 0 Å². The maximum absolute atomic E-state index is 11.4. The largest absolute Gasteiger partial charge is 0.376 e. The van der Waals surface area contributed by atoms with Gasteiger partial charge in [0.2, 0.25) is 0 Å². The minimum Gasteiger partial charge on any atom is -0.376 e. The first-order valence-electron chi connectivity index (χ1n) is 7.72. The summed E-state index contributed by atoms with van der Waals surface area (Å²) in [5.74, 6) is 0.400. The van der Waals surface area contributed by atoms with Crippen molar-refractivity contribution in [2.45, 2.75) is 18.4 Å². The molecule has 0 saturated carbocycles. The van der Waals surface area contributed by atoms with Gasteiger partial charge in [0.15, 0.2) is 0 Å². The minimum absolute atomic E-state index is 0.127. The Morgan fingerprint density at radius 2 is 1.92 bits per heavy atom. The molecule has 0 fully saturated rings. The first kappa shape index (κ1) is 15.5. The number of allylic oxidation sites excluding steroid dienone is 2. The van der Waals surface area contributed by atoms with Gasteiger partial charge in [-0.15, -0.1) is 0 Å². The van der Waals surface area contributed by atoms with Crippen LogP contribution in [0.1, 0.15) is 29.5 Å². The molecule has 2 aromatic carbocycles. The Bertz CT molecular complexity index is 866. The van der Waals surface area contributed by atoms with Crippen LogP contribution >= 0.6 is 23.2 Å². The average Bonchev–Trinajstić information content (AvgIpc) is 3.07. The highest BCUT2D eigenvalue weighted by atomic mass is 35.5. The van der Waals surface area contributed by atoms with E-state index in [0.29, 0.717) is 15.6 Å². The van der Waals surface area contributed by atoms with Gasteiger partial charge < -0.3 is 5.32 Å². The Labute approximate surface area is 149 Å². The molecule has 1 aliphatic heterocycles. The van der Waals surface area contributed by atoms with Crippen molar-refractivity contribution in [3.05, 3.63) is 79.8 Å². The Balaban J connectivity index is 1.87. The molecule has 4 rings (SSSR count). The summed E-state index contributed by atoms with van der Waals surface area (Å²) >= 11 is 12.6. The summed E-state index contributed by atoms with van der Waals surface area (Å²) < 4.78 is 0. The molecular weight excluding hydrogens is 347 g/mol. The van der Waals surface area contributed by atoms with Crippen molar-refractivity contribution in [1.82, 2.24) is 0 Å². The normalized spacial score (nSPS) is 24.2. The quantitative estimate of drug-likeness (QED) is 0.422. The van der Waals surface area contributed by atoms with Gasteiger partial charge in [0.05, 0.1) is 32.3 Å². The molecule has 2 aliphatic rings. The fourth-order valence-corrected chi connectivity index (χ4v) is 4.21. The van der Waals surface area contributed by atoms with E-state index < -0.39 is 0 Å². The Kier molecular flexibility index (Phi) is 3.74. The van der Waals surface area contributed by atoms with E-state index in [-0.39, 0.29) is 28.5 Å². The summed E-state index contributed by atoms with van der Waals surface area (Å²) in [6.45, 7) is 0. The maximum Gasteiger partial charge on any atom is 0.274 e. The fraction of sp³-hybridized carbons (Fsp3) is 0.222. The lowest BCUT2D eigenvalue weighted by atomic mass is 9.76. The van der Waals surface area contributed by atoms with E-state index in [9.17, 15) is 10.1 Å². The number of nitrogens with zero attached hydrogens (tertiary/aromatic N) is 1. The summed E-state index contributed by atoms with van der Waals surface area (Å²) in [5, 5.41) is 15.8. The molecule has 2 aromatic rings. The predicted octanol–water partition coefficient (Wildman–Crippen LogP) is 5.73. The Morgan fingerprint density at radius 1 is 1.12 bits per heavy atom. The summed E-state index contributed by atoms with van der Waals surface area (Å²) in [6, 6.07) is 10.5. The number of halogens is 2. The first-order valence-corrected chi connectivity index (χ1v) is 8.48. The van der Waals surface area contributed by atoms with Crippen LogP contribution in [-0.4, -0.2) is 4.92 Å². The maximum atomic E-state index is 11.4. The van der Waals surface area contributed by atoms with Crippen LogP contribution < -0.4 is 5.32 Å². The molecule has 0 unspecified atom stereocenters. The molecule has 0 saturated heterocycles. The number of nitro benzene ring substituents is 1. The molecule has 0 spiro atoms. The van der Waals surface area contributed by atoms with Crippen molar-refractivity contribution in [2.75, 3.05) is 5.32 Å². The monoisotopic (exact) mass is 360 g/mol. The number of nitro groups is 1. The van der Waals surface area contributed by atoms with Crippen LogP contribution in [0.4, 0.5) is 11.4 Å². The van der Waals surface area contributed by atoms with E-state index in [1.54, 1.807) is 18.2 Å². The number of fused-ring (bicyclic) bond motifs is 3. The number of anilines is 1. The van der Waals surface area contributed by atoms with E-state index >= 15 is 0 Å². The highest BCUT2D eigenvalue weighted by Gasteiger charge is 2.41. The number of nitrogens with one attached hydrogen (secondary N) is 1. The SMILES string of the molecule is O=[N+]([O-])c1ccccc1[C@@H]1Nc2c(ccc(Cl)c2Cl)[C@@H]2C=CC[C@@H]21. The second-order valence-corrected chi connectivity index (χ2v) is 6.90. The predicted molar refractivity (Wildman–Crippen MR) is 95.9 cm³/mol. The van der Waals surface area contributed by atoms with Crippen molar-refractivity contribution in [2.24, 2.45) is 5.92 Å². The molecule has 4 nitrogen and oxygen atoms in total. The van der Waals surface area contributed by atoms with Crippen molar-refractivity contribution >= 4 is 34.6 Å². The zero-order chi connectivity index (χ0) is 16.8. The molecule has 0 aromatic heterocycles. The average molecular weight is 361 g/mol. The smallest absolute Gasteiger partial charge is 0.274 e. The molecule has 0 radical (unpaired) electrons.